The third-order valence-corrected chi connectivity index (χ3v) is 12.6. The van der Waals surface area contributed by atoms with E-state index in [2.05, 4.69) is 83.1 Å². The van der Waals surface area contributed by atoms with Gasteiger partial charge >= 0.3 is 0 Å². The molecule has 0 aliphatic heterocycles. The second-order valence-corrected chi connectivity index (χ2v) is 11.6. The fourth-order valence-corrected chi connectivity index (χ4v) is 9.73. The van der Waals surface area contributed by atoms with Gasteiger partial charge in [-0.3, -0.25) is 0 Å². The summed E-state index contributed by atoms with van der Waals surface area (Å²) in [5.74, 6) is 0. The summed E-state index contributed by atoms with van der Waals surface area (Å²) in [5, 5.41) is 0. The predicted octanol–water partition coefficient (Wildman–Crippen LogP) is 7.17. The molecule has 4 aliphatic rings. The minimum Gasteiger partial charge on any atom is -0.0630 e. The van der Waals surface area contributed by atoms with Crippen molar-refractivity contribution in [3.63, 3.8) is 0 Å². The van der Waals surface area contributed by atoms with Gasteiger partial charge in [0.2, 0.25) is 0 Å². The molecule has 5 atom stereocenters. The van der Waals surface area contributed by atoms with Gasteiger partial charge in [0.1, 0.15) is 0 Å². The van der Waals surface area contributed by atoms with Gasteiger partial charge in [-0.25, -0.2) is 0 Å². The van der Waals surface area contributed by atoms with Crippen molar-refractivity contribution in [2.75, 3.05) is 0 Å². The lowest BCUT2D eigenvalue weighted by Crippen LogP contribution is -2.61. The van der Waals surface area contributed by atoms with Gasteiger partial charge < -0.3 is 0 Å². The smallest absolute Gasteiger partial charge is 0.00137 e. The topological polar surface area (TPSA) is 0 Å². The molecule has 0 nitrogen and oxygen atoms in total. The first-order valence-electron chi connectivity index (χ1n) is 9.96. The van der Waals surface area contributed by atoms with Gasteiger partial charge in [-0.1, -0.05) is 73.5 Å². The van der Waals surface area contributed by atoms with Crippen LogP contribution in [0.2, 0.25) is 0 Å². The van der Waals surface area contributed by atoms with Crippen LogP contribution in [-0.4, -0.2) is 0 Å². The van der Waals surface area contributed by atoms with Crippen LogP contribution in [0.25, 0.3) is 0 Å². The highest BCUT2D eigenvalue weighted by Gasteiger charge is 2.97. The molecule has 0 heterocycles. The Morgan fingerprint density at radius 1 is 0.583 bits per heavy atom. The lowest BCUT2D eigenvalue weighted by atomic mass is 9.36. The molecule has 0 amide bonds. The maximum Gasteiger partial charge on any atom is 0.00137 e. The monoisotopic (exact) mass is 326 g/mol. The first kappa shape index (κ1) is 16.9. The van der Waals surface area contributed by atoms with E-state index in [1.807, 2.05) is 0 Å². The molecule has 3 bridgehead atoms. The molecule has 4 rings (SSSR count). The molecule has 5 unspecified atom stereocenters. The van der Waals surface area contributed by atoms with Crippen molar-refractivity contribution in [1.29, 1.82) is 0 Å². The molecular weight excluding hydrogens is 288 g/mol. The highest BCUT2D eigenvalue weighted by atomic mass is 15.0. The van der Waals surface area contributed by atoms with Crippen molar-refractivity contribution in [2.24, 2.45) is 37.9 Å². The van der Waals surface area contributed by atoms with Gasteiger partial charge in [-0.05, 0) is 65.4 Å². The fourth-order valence-electron chi connectivity index (χ4n) is 9.73. The summed E-state index contributed by atoms with van der Waals surface area (Å²) in [6, 6.07) is 0. The Morgan fingerprint density at radius 3 is 1.54 bits per heavy atom. The van der Waals surface area contributed by atoms with E-state index in [-0.39, 0.29) is 10.8 Å². The zero-order valence-electron chi connectivity index (χ0n) is 18.2. The maximum atomic E-state index is 2.64. The number of hydrogen-bond acceptors (Lipinski definition) is 0. The molecule has 0 aromatic rings. The molecule has 3 saturated carbocycles. The molecule has 0 aromatic carbocycles. The highest BCUT2D eigenvalue weighted by molar-refractivity contribution is 5.60. The summed E-state index contributed by atoms with van der Waals surface area (Å²) in [6.45, 7) is 30.8. The Labute approximate surface area is 150 Å². The van der Waals surface area contributed by atoms with E-state index in [4.69, 9.17) is 0 Å². The van der Waals surface area contributed by atoms with Crippen LogP contribution in [0.3, 0.4) is 0 Å². The Morgan fingerprint density at radius 2 is 1.04 bits per heavy atom. The zero-order chi connectivity index (χ0) is 18.5. The van der Waals surface area contributed by atoms with Crippen LogP contribution in [0.15, 0.2) is 22.3 Å². The van der Waals surface area contributed by atoms with E-state index in [0.29, 0.717) is 27.1 Å². The molecule has 0 N–H and O–H groups in total. The van der Waals surface area contributed by atoms with E-state index >= 15 is 0 Å². The van der Waals surface area contributed by atoms with Crippen molar-refractivity contribution < 1.29 is 0 Å². The fraction of sp³-hybridized carbons (Fsp3) is 0.833. The Bertz CT molecular complexity index is 749. The van der Waals surface area contributed by atoms with Crippen molar-refractivity contribution in [1.82, 2.24) is 0 Å². The van der Waals surface area contributed by atoms with Crippen LogP contribution in [-0.2, 0) is 0 Å². The lowest BCUT2D eigenvalue weighted by molar-refractivity contribution is -0.161. The molecule has 0 spiro atoms. The van der Waals surface area contributed by atoms with Gasteiger partial charge in [0.25, 0.3) is 0 Å². The van der Waals surface area contributed by atoms with Gasteiger partial charge in [0.15, 0.2) is 0 Å². The second kappa shape index (κ2) is 3.49. The molecule has 134 valence electrons. The maximum absolute atomic E-state index is 2.64. The molecule has 4 aliphatic carbocycles. The number of fused-ring (bicyclic) bond motifs is 6. The number of rotatable bonds is 0. The van der Waals surface area contributed by atoms with Gasteiger partial charge in [0.05, 0.1) is 0 Å². The van der Waals surface area contributed by atoms with Gasteiger partial charge in [-0.15, -0.1) is 0 Å². The number of hydrogen-bond donors (Lipinski definition) is 0. The van der Waals surface area contributed by atoms with E-state index in [1.54, 1.807) is 22.3 Å². The van der Waals surface area contributed by atoms with Crippen LogP contribution in [0.5, 0.6) is 0 Å². The third-order valence-electron chi connectivity index (χ3n) is 12.6. The average Bonchev–Trinajstić information content (AvgIpc) is 2.82. The molecule has 0 radical (unpaired) electrons. The van der Waals surface area contributed by atoms with Gasteiger partial charge in [-0.2, -0.15) is 0 Å². The van der Waals surface area contributed by atoms with Crippen molar-refractivity contribution in [2.45, 2.75) is 89.5 Å². The van der Waals surface area contributed by atoms with Crippen LogP contribution in [0, 0.1) is 37.9 Å². The van der Waals surface area contributed by atoms with Crippen LogP contribution >= 0.6 is 0 Å². The SMILES string of the molecule is CC1=C2CC3(C)C(C)(C)C2(C)C2(C)C(C)(C)C2(C)C3(C)C(C)=C1C. The summed E-state index contributed by atoms with van der Waals surface area (Å²) in [5.41, 5.74) is 8.84. The van der Waals surface area contributed by atoms with E-state index in [1.165, 1.54) is 6.42 Å². The summed E-state index contributed by atoms with van der Waals surface area (Å²) in [4.78, 5) is 0. The third kappa shape index (κ3) is 0.929. The van der Waals surface area contributed by atoms with Crippen LogP contribution in [0.4, 0.5) is 0 Å². The second-order valence-electron chi connectivity index (χ2n) is 11.6. The molecule has 0 aromatic heterocycles. The summed E-state index contributed by atoms with van der Waals surface area (Å²) in [7, 11) is 0. The summed E-state index contributed by atoms with van der Waals surface area (Å²) < 4.78 is 0. The first-order valence-corrected chi connectivity index (χ1v) is 9.96. The molecular formula is C24H38. The minimum atomic E-state index is 0.241. The first-order chi connectivity index (χ1) is 10.6. The Hall–Kier alpha value is -0.520. The predicted molar refractivity (Wildman–Crippen MR) is 104 cm³/mol. The van der Waals surface area contributed by atoms with Crippen LogP contribution < -0.4 is 0 Å². The minimum absolute atomic E-state index is 0.241. The molecule has 0 heteroatoms. The molecule has 0 saturated heterocycles. The van der Waals surface area contributed by atoms with E-state index < -0.39 is 0 Å². The molecule has 3 fully saturated rings. The standard InChI is InChI=1S/C24H38/c1-14-15(2)17-13-20(8)18(4,5)22(17,10)24(12)19(6,7)23(24,11)21(20,9)16(14)3/h13H2,1-12H3. The Balaban J connectivity index is 2.30. The van der Waals surface area contributed by atoms with E-state index in [9.17, 15) is 0 Å². The van der Waals surface area contributed by atoms with E-state index in [0.717, 1.165) is 0 Å². The van der Waals surface area contributed by atoms with Crippen molar-refractivity contribution in [3.8, 4) is 0 Å². The zero-order valence-corrected chi connectivity index (χ0v) is 18.2. The Kier molecular flexibility index (Phi) is 2.46. The molecule has 24 heavy (non-hydrogen) atoms. The van der Waals surface area contributed by atoms with Crippen LogP contribution in [0.1, 0.15) is 89.5 Å². The van der Waals surface area contributed by atoms with Crippen molar-refractivity contribution in [3.05, 3.63) is 22.3 Å². The summed E-state index contributed by atoms with van der Waals surface area (Å²) in [6.07, 6.45) is 1.29. The van der Waals surface area contributed by atoms with Crippen molar-refractivity contribution >= 4 is 0 Å². The normalized spacial score (nSPS) is 56.5. The quantitative estimate of drug-likeness (QED) is 0.442. The largest absolute Gasteiger partial charge is 0.0630 e. The number of allylic oxidation sites excluding steroid dienone is 4. The lowest BCUT2D eigenvalue weighted by Gasteiger charge is -2.67. The van der Waals surface area contributed by atoms with Gasteiger partial charge in [0, 0.05) is 10.8 Å². The average molecular weight is 327 g/mol. The summed E-state index contributed by atoms with van der Waals surface area (Å²) >= 11 is 0. The highest BCUT2D eigenvalue weighted by Crippen LogP contribution is 3.02.